The smallest absolute Gasteiger partial charge is 0.405 e. The van der Waals surface area contributed by atoms with Crippen LogP contribution in [0.2, 0.25) is 0 Å². The molecule has 0 heterocycles. The molecule has 5 nitrogen and oxygen atoms in total. The zero-order valence-electron chi connectivity index (χ0n) is 7.39. The van der Waals surface area contributed by atoms with Gasteiger partial charge in [-0.25, -0.2) is 4.79 Å². The Hall–Kier alpha value is -1.26. The van der Waals surface area contributed by atoms with Crippen LogP contribution in [-0.4, -0.2) is 29.7 Å². The number of carboxylic acid groups (broad SMARTS) is 1. The lowest BCUT2D eigenvalue weighted by atomic mass is 9.39. The minimum Gasteiger partial charge on any atom is -0.465 e. The van der Waals surface area contributed by atoms with Crippen molar-refractivity contribution < 1.29 is 14.7 Å². The topological polar surface area (TPSA) is 78.4 Å². The third-order valence-corrected chi connectivity index (χ3v) is 3.11. The first kappa shape index (κ1) is 8.34. The Morgan fingerprint density at radius 2 is 1.85 bits per heavy atom. The molecular weight excluding hydrogens is 172 g/mol. The van der Waals surface area contributed by atoms with Crippen molar-refractivity contribution in [3.63, 3.8) is 0 Å². The second kappa shape index (κ2) is 2.16. The lowest BCUT2D eigenvalue weighted by Crippen LogP contribution is -2.78. The third kappa shape index (κ3) is 0.928. The first-order valence-corrected chi connectivity index (χ1v) is 4.25. The average molecular weight is 184 g/mol. The molecule has 72 valence electrons. The fourth-order valence-corrected chi connectivity index (χ4v) is 2.65. The van der Waals surface area contributed by atoms with Gasteiger partial charge in [-0.15, -0.1) is 0 Å². The molecule has 3 rings (SSSR count). The Morgan fingerprint density at radius 1 is 1.31 bits per heavy atom. The van der Waals surface area contributed by atoms with Crippen LogP contribution in [0.3, 0.4) is 0 Å². The summed E-state index contributed by atoms with van der Waals surface area (Å²) >= 11 is 0. The highest BCUT2D eigenvalue weighted by Gasteiger charge is 2.72. The van der Waals surface area contributed by atoms with Gasteiger partial charge in [0.25, 0.3) is 0 Å². The van der Waals surface area contributed by atoms with E-state index >= 15 is 0 Å². The SMILES string of the molecule is CNC(=O)C12CC(NC(=O)O)(C1)C2. The highest BCUT2D eigenvalue weighted by atomic mass is 16.4. The van der Waals surface area contributed by atoms with Gasteiger partial charge in [0.1, 0.15) is 0 Å². The average Bonchev–Trinajstić information content (AvgIpc) is 1.92. The predicted molar refractivity (Wildman–Crippen MR) is 44.2 cm³/mol. The van der Waals surface area contributed by atoms with Gasteiger partial charge in [-0.3, -0.25) is 4.79 Å². The zero-order chi connectivity index (χ0) is 9.69. The Bertz CT molecular complexity index is 267. The van der Waals surface area contributed by atoms with Crippen molar-refractivity contribution in [2.45, 2.75) is 24.8 Å². The first-order chi connectivity index (χ1) is 6.02. The van der Waals surface area contributed by atoms with E-state index in [1.165, 1.54) is 0 Å². The van der Waals surface area contributed by atoms with Gasteiger partial charge < -0.3 is 15.7 Å². The van der Waals surface area contributed by atoms with Gasteiger partial charge in [-0.2, -0.15) is 0 Å². The van der Waals surface area contributed by atoms with Crippen molar-refractivity contribution in [2.24, 2.45) is 5.41 Å². The number of hydrogen-bond donors (Lipinski definition) is 3. The summed E-state index contributed by atoms with van der Waals surface area (Å²) in [4.78, 5) is 21.7. The number of carbonyl (C=O) groups is 2. The summed E-state index contributed by atoms with van der Waals surface area (Å²) in [5, 5.41) is 13.6. The van der Waals surface area contributed by atoms with Gasteiger partial charge in [0, 0.05) is 12.6 Å². The monoisotopic (exact) mass is 184 g/mol. The van der Waals surface area contributed by atoms with Crippen molar-refractivity contribution in [2.75, 3.05) is 7.05 Å². The van der Waals surface area contributed by atoms with Gasteiger partial charge in [0.15, 0.2) is 0 Å². The molecule has 2 bridgehead atoms. The number of amides is 2. The maximum absolute atomic E-state index is 11.3. The number of rotatable bonds is 2. The lowest BCUT2D eigenvalue weighted by molar-refractivity contribution is -0.178. The van der Waals surface area contributed by atoms with Crippen LogP contribution < -0.4 is 10.6 Å². The van der Waals surface area contributed by atoms with Crippen LogP contribution in [0, 0.1) is 5.41 Å². The van der Waals surface area contributed by atoms with E-state index in [-0.39, 0.29) is 16.9 Å². The fraction of sp³-hybridized carbons (Fsp3) is 0.750. The van der Waals surface area contributed by atoms with Crippen LogP contribution in [0.15, 0.2) is 0 Å². The predicted octanol–water partition coefficient (Wildman–Crippen LogP) is -0.0773. The van der Waals surface area contributed by atoms with E-state index in [4.69, 9.17) is 5.11 Å². The molecule has 0 aromatic rings. The molecule has 3 aliphatic carbocycles. The Labute approximate surface area is 75.5 Å². The second-order valence-electron chi connectivity index (χ2n) is 4.10. The van der Waals surface area contributed by atoms with Crippen LogP contribution in [0.1, 0.15) is 19.3 Å². The maximum atomic E-state index is 11.3. The molecule has 3 aliphatic rings. The number of carbonyl (C=O) groups excluding carboxylic acids is 1. The quantitative estimate of drug-likeness (QED) is 0.561. The van der Waals surface area contributed by atoms with E-state index in [2.05, 4.69) is 10.6 Å². The van der Waals surface area contributed by atoms with Crippen molar-refractivity contribution in [3.05, 3.63) is 0 Å². The van der Waals surface area contributed by atoms with E-state index in [9.17, 15) is 9.59 Å². The molecule has 3 fully saturated rings. The summed E-state index contributed by atoms with van der Waals surface area (Å²) in [6, 6.07) is 0. The number of nitrogens with one attached hydrogen (secondary N) is 2. The maximum Gasteiger partial charge on any atom is 0.405 e. The Balaban J connectivity index is 1.93. The van der Waals surface area contributed by atoms with Crippen molar-refractivity contribution >= 4 is 12.0 Å². The van der Waals surface area contributed by atoms with Crippen LogP contribution in [0.5, 0.6) is 0 Å². The van der Waals surface area contributed by atoms with E-state index in [1.54, 1.807) is 7.05 Å². The molecule has 0 saturated heterocycles. The van der Waals surface area contributed by atoms with E-state index < -0.39 is 6.09 Å². The molecule has 2 amide bonds. The second-order valence-corrected chi connectivity index (χ2v) is 4.10. The van der Waals surface area contributed by atoms with E-state index in [0.717, 1.165) is 0 Å². The molecule has 13 heavy (non-hydrogen) atoms. The van der Waals surface area contributed by atoms with Crippen LogP contribution in [-0.2, 0) is 4.79 Å². The highest BCUT2D eigenvalue weighted by molar-refractivity contribution is 5.87. The zero-order valence-corrected chi connectivity index (χ0v) is 7.39. The summed E-state index contributed by atoms with van der Waals surface area (Å²) < 4.78 is 0. The number of hydrogen-bond acceptors (Lipinski definition) is 2. The molecule has 0 aliphatic heterocycles. The molecular formula is C8H12N2O3. The van der Waals surface area contributed by atoms with Gasteiger partial charge in [-0.05, 0) is 19.3 Å². The Kier molecular flexibility index (Phi) is 1.38. The summed E-state index contributed by atoms with van der Waals surface area (Å²) in [7, 11) is 1.61. The standard InChI is InChI=1S/C8H12N2O3/c1-9-5(11)7-2-8(3-7,4-7)10-6(12)13/h10H,2-4H2,1H3,(H,9,11)(H,12,13). The van der Waals surface area contributed by atoms with E-state index in [0.29, 0.717) is 19.3 Å². The molecule has 3 N–H and O–H groups in total. The molecule has 3 saturated carbocycles. The van der Waals surface area contributed by atoms with Gasteiger partial charge in [-0.1, -0.05) is 0 Å². The third-order valence-electron chi connectivity index (χ3n) is 3.11. The van der Waals surface area contributed by atoms with Crippen LogP contribution in [0.25, 0.3) is 0 Å². The Morgan fingerprint density at radius 3 is 2.23 bits per heavy atom. The lowest BCUT2D eigenvalue weighted by Gasteiger charge is -2.68. The summed E-state index contributed by atoms with van der Waals surface area (Å²) in [6.07, 6.45) is 0.981. The minimum absolute atomic E-state index is 0.0431. The minimum atomic E-state index is -0.995. The van der Waals surface area contributed by atoms with Gasteiger partial charge >= 0.3 is 6.09 Å². The van der Waals surface area contributed by atoms with Crippen molar-refractivity contribution in [3.8, 4) is 0 Å². The molecule has 0 unspecified atom stereocenters. The summed E-state index contributed by atoms with van der Waals surface area (Å²) in [5.74, 6) is 0.0431. The molecule has 0 atom stereocenters. The van der Waals surface area contributed by atoms with Crippen LogP contribution >= 0.6 is 0 Å². The van der Waals surface area contributed by atoms with Crippen molar-refractivity contribution in [1.82, 2.24) is 10.6 Å². The molecule has 0 aromatic carbocycles. The first-order valence-electron chi connectivity index (χ1n) is 4.25. The molecule has 5 heteroatoms. The molecule has 0 radical (unpaired) electrons. The van der Waals surface area contributed by atoms with Gasteiger partial charge in [0.2, 0.25) is 5.91 Å². The van der Waals surface area contributed by atoms with E-state index in [1.807, 2.05) is 0 Å². The summed E-state index contributed by atoms with van der Waals surface area (Å²) in [5.41, 5.74) is -0.532. The summed E-state index contributed by atoms with van der Waals surface area (Å²) in [6.45, 7) is 0. The molecule has 0 aromatic heterocycles. The normalized spacial score (nSPS) is 39.8. The van der Waals surface area contributed by atoms with Crippen molar-refractivity contribution in [1.29, 1.82) is 0 Å². The largest absolute Gasteiger partial charge is 0.465 e. The van der Waals surface area contributed by atoms with Crippen LogP contribution in [0.4, 0.5) is 4.79 Å². The van der Waals surface area contributed by atoms with Gasteiger partial charge in [0.05, 0.1) is 5.41 Å². The highest BCUT2D eigenvalue weighted by Crippen LogP contribution is 2.67. The fourth-order valence-electron chi connectivity index (χ4n) is 2.65. The molecule has 0 spiro atoms.